The van der Waals surface area contributed by atoms with E-state index in [1.165, 1.54) is 11.1 Å². The van der Waals surface area contributed by atoms with Crippen molar-refractivity contribution in [3.8, 4) is 5.75 Å². The second kappa shape index (κ2) is 4.93. The van der Waals surface area contributed by atoms with Crippen molar-refractivity contribution in [3.05, 3.63) is 59.8 Å². The molecule has 0 atom stereocenters. The number of fused-ring (bicyclic) bond motifs is 1. The van der Waals surface area contributed by atoms with Crippen LogP contribution in [0.5, 0.6) is 5.75 Å². The molecule has 0 aliphatic carbocycles. The van der Waals surface area contributed by atoms with Gasteiger partial charge in [-0.3, -0.25) is 0 Å². The van der Waals surface area contributed by atoms with Gasteiger partial charge in [0.2, 0.25) is 0 Å². The van der Waals surface area contributed by atoms with Crippen molar-refractivity contribution in [1.29, 1.82) is 0 Å². The van der Waals surface area contributed by atoms with Crippen LogP contribution in [0.2, 0.25) is 0 Å². The Hall–Kier alpha value is -2.42. The third-order valence-electron chi connectivity index (χ3n) is 3.57. The van der Waals surface area contributed by atoms with Crippen LogP contribution in [-0.4, -0.2) is 4.57 Å². The van der Waals surface area contributed by atoms with E-state index in [2.05, 4.69) is 29.7 Å². The molecule has 0 spiro atoms. The summed E-state index contributed by atoms with van der Waals surface area (Å²) < 4.78 is 7.98. The predicted octanol–water partition coefficient (Wildman–Crippen LogP) is 3.65. The van der Waals surface area contributed by atoms with Gasteiger partial charge in [0.1, 0.15) is 12.4 Å². The van der Waals surface area contributed by atoms with Crippen LogP contribution in [-0.2, 0) is 13.7 Å². The maximum absolute atomic E-state index is 5.84. The Bertz CT molecular complexity index is 742. The molecule has 1 aromatic heterocycles. The van der Waals surface area contributed by atoms with Crippen LogP contribution in [0, 0.1) is 6.92 Å². The van der Waals surface area contributed by atoms with E-state index >= 15 is 0 Å². The van der Waals surface area contributed by atoms with Crippen LogP contribution in [0.1, 0.15) is 11.3 Å². The first-order valence-corrected chi connectivity index (χ1v) is 6.67. The number of anilines is 1. The van der Waals surface area contributed by atoms with Crippen LogP contribution in [0.25, 0.3) is 10.9 Å². The molecule has 0 aliphatic heterocycles. The van der Waals surface area contributed by atoms with Crippen molar-refractivity contribution in [3.63, 3.8) is 0 Å². The molecule has 2 aromatic carbocycles. The number of hydrogen-bond acceptors (Lipinski definition) is 2. The number of aryl methyl sites for hydroxylation is 2. The molecule has 0 fully saturated rings. The normalized spacial score (nSPS) is 10.9. The minimum atomic E-state index is 0.550. The predicted molar refractivity (Wildman–Crippen MR) is 82.8 cm³/mol. The van der Waals surface area contributed by atoms with Gasteiger partial charge in [0, 0.05) is 23.6 Å². The molecule has 1 heterocycles. The highest BCUT2D eigenvalue weighted by atomic mass is 16.5. The van der Waals surface area contributed by atoms with Crippen LogP contribution in [0.15, 0.2) is 48.5 Å². The summed E-state index contributed by atoms with van der Waals surface area (Å²) in [5.41, 5.74) is 10.1. The Balaban J connectivity index is 1.84. The van der Waals surface area contributed by atoms with Crippen molar-refractivity contribution in [2.24, 2.45) is 7.05 Å². The van der Waals surface area contributed by atoms with Gasteiger partial charge in [0.25, 0.3) is 0 Å². The number of ether oxygens (including phenoxy) is 1. The van der Waals surface area contributed by atoms with Crippen molar-refractivity contribution in [1.82, 2.24) is 4.57 Å². The molecule has 2 N–H and O–H groups in total. The van der Waals surface area contributed by atoms with Gasteiger partial charge in [0.05, 0.1) is 5.69 Å². The van der Waals surface area contributed by atoms with Gasteiger partial charge in [-0.05, 0) is 43.3 Å². The Morgan fingerprint density at radius 2 is 1.80 bits per heavy atom. The van der Waals surface area contributed by atoms with Gasteiger partial charge >= 0.3 is 0 Å². The van der Waals surface area contributed by atoms with Crippen LogP contribution >= 0.6 is 0 Å². The minimum Gasteiger partial charge on any atom is -0.487 e. The van der Waals surface area contributed by atoms with E-state index < -0.39 is 0 Å². The molecular formula is C17H18N2O. The quantitative estimate of drug-likeness (QED) is 0.735. The number of nitrogen functional groups attached to an aromatic ring is 1. The summed E-state index contributed by atoms with van der Waals surface area (Å²) in [7, 11) is 2.05. The molecule has 0 radical (unpaired) electrons. The van der Waals surface area contributed by atoms with Gasteiger partial charge in [-0.25, -0.2) is 0 Å². The third kappa shape index (κ3) is 2.35. The van der Waals surface area contributed by atoms with Crippen molar-refractivity contribution < 1.29 is 4.74 Å². The average molecular weight is 266 g/mol. The molecule has 0 saturated carbocycles. The lowest BCUT2D eigenvalue weighted by atomic mass is 10.2. The van der Waals surface area contributed by atoms with E-state index in [1.807, 2.05) is 37.4 Å². The summed E-state index contributed by atoms with van der Waals surface area (Å²) in [5, 5.41) is 1.15. The molecule has 0 amide bonds. The zero-order valence-electron chi connectivity index (χ0n) is 11.8. The molecule has 0 unspecified atom stereocenters. The monoisotopic (exact) mass is 266 g/mol. The summed E-state index contributed by atoms with van der Waals surface area (Å²) in [6.07, 6.45) is 0. The molecule has 0 saturated heterocycles. The van der Waals surface area contributed by atoms with E-state index in [0.29, 0.717) is 6.61 Å². The molecule has 20 heavy (non-hydrogen) atoms. The highest BCUT2D eigenvalue weighted by molar-refractivity contribution is 5.84. The minimum absolute atomic E-state index is 0.550. The van der Waals surface area contributed by atoms with Crippen molar-refractivity contribution in [2.45, 2.75) is 13.5 Å². The van der Waals surface area contributed by atoms with Crippen LogP contribution in [0.4, 0.5) is 5.69 Å². The topological polar surface area (TPSA) is 40.2 Å². The third-order valence-corrected chi connectivity index (χ3v) is 3.57. The average Bonchev–Trinajstić information content (AvgIpc) is 2.74. The lowest BCUT2D eigenvalue weighted by Crippen LogP contribution is -2.01. The number of nitrogens with two attached hydrogens (primary N) is 1. The number of aromatic nitrogens is 1. The zero-order chi connectivity index (χ0) is 14.1. The molecule has 3 heteroatoms. The van der Waals surface area contributed by atoms with Crippen LogP contribution < -0.4 is 10.5 Å². The Morgan fingerprint density at radius 3 is 2.55 bits per heavy atom. The molecule has 3 nitrogen and oxygen atoms in total. The van der Waals surface area contributed by atoms with Gasteiger partial charge in [-0.15, -0.1) is 0 Å². The van der Waals surface area contributed by atoms with Gasteiger partial charge < -0.3 is 15.0 Å². The van der Waals surface area contributed by atoms with E-state index in [4.69, 9.17) is 10.5 Å². The number of nitrogens with zero attached hydrogens (tertiary/aromatic N) is 1. The Kier molecular flexibility index (Phi) is 3.11. The summed E-state index contributed by atoms with van der Waals surface area (Å²) in [5.74, 6) is 0.889. The SMILES string of the molecule is Cc1ccc(OCc2cc3cc(N)ccc3n2C)cc1. The molecule has 3 aromatic rings. The smallest absolute Gasteiger partial charge is 0.128 e. The molecule has 102 valence electrons. The number of hydrogen-bond donors (Lipinski definition) is 1. The maximum Gasteiger partial charge on any atom is 0.128 e. The van der Waals surface area contributed by atoms with Crippen molar-refractivity contribution in [2.75, 3.05) is 5.73 Å². The first kappa shape index (κ1) is 12.6. The molecule has 0 bridgehead atoms. The number of rotatable bonds is 3. The fourth-order valence-corrected chi connectivity index (χ4v) is 2.36. The largest absolute Gasteiger partial charge is 0.487 e. The molecular weight excluding hydrogens is 248 g/mol. The summed E-state index contributed by atoms with van der Waals surface area (Å²) in [6, 6.07) is 16.2. The van der Waals surface area contributed by atoms with Gasteiger partial charge in [-0.1, -0.05) is 17.7 Å². The molecule has 3 rings (SSSR count). The lowest BCUT2D eigenvalue weighted by Gasteiger charge is -2.07. The maximum atomic E-state index is 5.84. The number of benzene rings is 2. The van der Waals surface area contributed by atoms with Gasteiger partial charge in [-0.2, -0.15) is 0 Å². The first-order valence-electron chi connectivity index (χ1n) is 6.67. The van der Waals surface area contributed by atoms with E-state index in [1.54, 1.807) is 0 Å². The fraction of sp³-hybridized carbons (Fsp3) is 0.176. The van der Waals surface area contributed by atoms with E-state index in [9.17, 15) is 0 Å². The second-order valence-electron chi connectivity index (χ2n) is 5.11. The fourth-order valence-electron chi connectivity index (χ4n) is 2.36. The standard InChI is InChI=1S/C17H18N2O/c1-12-3-6-16(7-4-12)20-11-15-10-13-9-14(18)5-8-17(13)19(15)2/h3-10H,11,18H2,1-2H3. The van der Waals surface area contributed by atoms with E-state index in [-0.39, 0.29) is 0 Å². The first-order chi connectivity index (χ1) is 9.63. The second-order valence-corrected chi connectivity index (χ2v) is 5.11. The zero-order valence-corrected chi connectivity index (χ0v) is 11.8. The Morgan fingerprint density at radius 1 is 1.05 bits per heavy atom. The van der Waals surface area contributed by atoms with Gasteiger partial charge in [0.15, 0.2) is 0 Å². The summed E-state index contributed by atoms with van der Waals surface area (Å²) in [4.78, 5) is 0. The summed E-state index contributed by atoms with van der Waals surface area (Å²) >= 11 is 0. The van der Waals surface area contributed by atoms with Crippen molar-refractivity contribution >= 4 is 16.6 Å². The highest BCUT2D eigenvalue weighted by Gasteiger charge is 2.06. The van der Waals surface area contributed by atoms with E-state index in [0.717, 1.165) is 22.5 Å². The Labute approximate surface area is 118 Å². The van der Waals surface area contributed by atoms with Crippen LogP contribution in [0.3, 0.4) is 0 Å². The lowest BCUT2D eigenvalue weighted by molar-refractivity contribution is 0.297. The summed E-state index contributed by atoms with van der Waals surface area (Å²) in [6.45, 7) is 2.62. The highest BCUT2D eigenvalue weighted by Crippen LogP contribution is 2.22. The molecule has 0 aliphatic rings.